The van der Waals surface area contributed by atoms with Crippen molar-refractivity contribution in [3.05, 3.63) is 48.3 Å². The Balaban J connectivity index is 1.45. The molecule has 1 aliphatic heterocycles. The Morgan fingerprint density at radius 1 is 1.13 bits per heavy atom. The van der Waals surface area contributed by atoms with E-state index in [1.165, 1.54) is 11.8 Å². The Labute approximate surface area is 182 Å². The molecule has 0 atom stereocenters. The molecule has 4 aromatic rings. The van der Waals surface area contributed by atoms with E-state index < -0.39 is 0 Å². The number of benzene rings is 1. The molecule has 1 saturated heterocycles. The smallest absolute Gasteiger partial charge is 0.217 e. The molecule has 5 rings (SSSR count). The van der Waals surface area contributed by atoms with Crippen LogP contribution in [0.25, 0.3) is 16.6 Å². The first-order valence-electron chi connectivity index (χ1n) is 10.0. The van der Waals surface area contributed by atoms with Crippen molar-refractivity contribution in [1.29, 1.82) is 0 Å². The summed E-state index contributed by atoms with van der Waals surface area (Å²) >= 11 is 1.46. The summed E-state index contributed by atoms with van der Waals surface area (Å²) in [5.74, 6) is 0. The minimum Gasteiger partial charge on any atom is -0.411 e. The number of hydrogen-bond acceptors (Lipinski definition) is 9. The van der Waals surface area contributed by atoms with Gasteiger partial charge in [0, 0.05) is 23.4 Å². The van der Waals surface area contributed by atoms with E-state index in [1.54, 1.807) is 23.6 Å². The molecule has 31 heavy (non-hydrogen) atoms. The number of fused-ring (bicyclic) bond motifs is 2. The van der Waals surface area contributed by atoms with Crippen molar-refractivity contribution >= 4 is 39.7 Å². The third-order valence-electron chi connectivity index (χ3n) is 5.43. The lowest BCUT2D eigenvalue weighted by Gasteiger charge is -2.31. The highest BCUT2D eigenvalue weighted by Crippen LogP contribution is 2.30. The molecule has 0 amide bonds. The number of aromatic nitrogens is 5. The fourth-order valence-electron chi connectivity index (χ4n) is 3.64. The Bertz CT molecular complexity index is 1280. The van der Waals surface area contributed by atoms with E-state index in [0.29, 0.717) is 22.2 Å². The number of piperidine rings is 1. The maximum Gasteiger partial charge on any atom is 0.217 e. The summed E-state index contributed by atoms with van der Waals surface area (Å²) in [7, 11) is 0. The van der Waals surface area contributed by atoms with E-state index in [9.17, 15) is 5.11 Å². The number of nitrogens with zero attached hydrogens (tertiary/aromatic N) is 7. The van der Waals surface area contributed by atoms with Crippen LogP contribution in [-0.4, -0.2) is 60.0 Å². The van der Waals surface area contributed by atoms with Crippen LogP contribution in [0.3, 0.4) is 0 Å². The topological polar surface area (TPSA) is 112 Å². The Hall–Kier alpha value is -3.24. The van der Waals surface area contributed by atoms with Gasteiger partial charge in [-0.25, -0.2) is 0 Å². The van der Waals surface area contributed by atoms with E-state index in [1.807, 2.05) is 18.3 Å². The molecule has 0 spiro atoms. The summed E-state index contributed by atoms with van der Waals surface area (Å²) in [5, 5.41) is 36.6. The van der Waals surface area contributed by atoms with Crippen LogP contribution in [0, 0.1) is 0 Å². The molecule has 158 valence electrons. The van der Waals surface area contributed by atoms with Gasteiger partial charge in [0.25, 0.3) is 0 Å². The molecule has 0 bridgehead atoms. The van der Waals surface area contributed by atoms with Crippen LogP contribution in [0.2, 0.25) is 0 Å². The molecule has 4 heterocycles. The minimum atomic E-state index is -0.202. The highest BCUT2D eigenvalue weighted by Gasteiger charge is 2.18. The molecule has 10 heteroatoms. The van der Waals surface area contributed by atoms with Crippen LogP contribution in [0.5, 0.6) is 0 Å². The van der Waals surface area contributed by atoms with Crippen LogP contribution in [0.1, 0.15) is 25.5 Å². The lowest BCUT2D eigenvalue weighted by Crippen LogP contribution is -2.35. The van der Waals surface area contributed by atoms with Crippen molar-refractivity contribution in [2.24, 2.45) is 5.16 Å². The predicted octanol–water partition coefficient (Wildman–Crippen LogP) is 2.98. The van der Waals surface area contributed by atoms with Gasteiger partial charge in [-0.1, -0.05) is 5.16 Å². The van der Waals surface area contributed by atoms with Crippen molar-refractivity contribution in [3.63, 3.8) is 0 Å². The minimum absolute atomic E-state index is 0.202. The number of anilines is 1. The SMILES string of the molecule is C/C(=N\O)c1ccc2nnc(Sc3ccc4ncc(N5CCC(O)CC5)cc4c3)n2n1. The summed E-state index contributed by atoms with van der Waals surface area (Å²) in [4.78, 5) is 7.87. The van der Waals surface area contributed by atoms with Gasteiger partial charge in [0.05, 0.1) is 23.5 Å². The highest BCUT2D eigenvalue weighted by molar-refractivity contribution is 7.99. The molecule has 1 aliphatic rings. The second kappa shape index (κ2) is 8.12. The van der Waals surface area contributed by atoms with E-state index >= 15 is 0 Å². The zero-order valence-corrected chi connectivity index (χ0v) is 17.7. The average Bonchev–Trinajstić information content (AvgIpc) is 3.20. The maximum absolute atomic E-state index is 9.76. The molecule has 9 nitrogen and oxygen atoms in total. The summed E-state index contributed by atoms with van der Waals surface area (Å²) in [6, 6.07) is 11.8. The molecule has 1 aromatic carbocycles. The second-order valence-corrected chi connectivity index (χ2v) is 8.57. The first kappa shape index (κ1) is 19.7. The summed E-state index contributed by atoms with van der Waals surface area (Å²) < 4.78 is 1.65. The van der Waals surface area contributed by atoms with Crippen LogP contribution in [0.4, 0.5) is 5.69 Å². The third kappa shape index (κ3) is 3.91. The lowest BCUT2D eigenvalue weighted by molar-refractivity contribution is 0.145. The van der Waals surface area contributed by atoms with Crippen LogP contribution in [0.15, 0.2) is 57.8 Å². The normalized spacial score (nSPS) is 15.8. The van der Waals surface area contributed by atoms with Gasteiger partial charge in [0.1, 0.15) is 11.4 Å². The van der Waals surface area contributed by atoms with Crippen molar-refractivity contribution in [3.8, 4) is 0 Å². The summed E-state index contributed by atoms with van der Waals surface area (Å²) in [6.45, 7) is 3.35. The average molecular weight is 436 g/mol. The molecule has 1 fully saturated rings. The fourth-order valence-corrected chi connectivity index (χ4v) is 4.48. The van der Waals surface area contributed by atoms with E-state index in [-0.39, 0.29) is 6.10 Å². The fraction of sp³-hybridized carbons (Fsp3) is 0.286. The molecule has 2 N–H and O–H groups in total. The van der Waals surface area contributed by atoms with Gasteiger partial charge in [-0.2, -0.15) is 9.61 Å². The van der Waals surface area contributed by atoms with Gasteiger partial charge < -0.3 is 15.2 Å². The summed E-state index contributed by atoms with van der Waals surface area (Å²) in [6.07, 6.45) is 3.26. The molecular formula is C21H21N7O2S. The quantitative estimate of drug-likeness (QED) is 0.286. The molecule has 0 unspecified atom stereocenters. The number of pyridine rings is 1. The first-order valence-corrected chi connectivity index (χ1v) is 10.8. The Morgan fingerprint density at radius 3 is 2.77 bits per heavy atom. The Morgan fingerprint density at radius 2 is 1.97 bits per heavy atom. The number of hydrogen-bond donors (Lipinski definition) is 2. The van der Waals surface area contributed by atoms with Gasteiger partial charge in [-0.3, -0.25) is 4.98 Å². The van der Waals surface area contributed by atoms with Gasteiger partial charge in [-0.15, -0.1) is 10.2 Å². The van der Waals surface area contributed by atoms with Crippen LogP contribution >= 0.6 is 11.8 Å². The number of rotatable bonds is 4. The van der Waals surface area contributed by atoms with Crippen molar-refractivity contribution in [1.82, 2.24) is 24.8 Å². The van der Waals surface area contributed by atoms with E-state index in [0.717, 1.165) is 47.4 Å². The molecule has 0 radical (unpaired) electrons. The molecule has 3 aromatic heterocycles. The van der Waals surface area contributed by atoms with E-state index in [4.69, 9.17) is 5.21 Å². The van der Waals surface area contributed by atoms with Crippen molar-refractivity contribution < 1.29 is 10.3 Å². The van der Waals surface area contributed by atoms with Crippen LogP contribution < -0.4 is 4.90 Å². The maximum atomic E-state index is 9.76. The van der Waals surface area contributed by atoms with Gasteiger partial charge in [-0.05, 0) is 67.9 Å². The van der Waals surface area contributed by atoms with E-state index in [2.05, 4.69) is 42.5 Å². The summed E-state index contributed by atoms with van der Waals surface area (Å²) in [5.41, 5.74) is 3.58. The zero-order chi connectivity index (χ0) is 21.4. The standard InChI is InChI=1S/C21H21N7O2S/c1-13(26-30)18-4-5-20-23-24-21(28(20)25-18)31-17-2-3-19-14(11-17)10-15(12-22-19)27-8-6-16(29)7-9-27/h2-5,10-12,16,29-30H,6-9H2,1H3/b26-13+. The predicted molar refractivity (Wildman–Crippen MR) is 118 cm³/mol. The van der Waals surface area contributed by atoms with Gasteiger partial charge in [0.2, 0.25) is 5.16 Å². The lowest BCUT2D eigenvalue weighted by atomic mass is 10.1. The first-order chi connectivity index (χ1) is 15.1. The number of aliphatic hydroxyl groups excluding tert-OH is 1. The molecular weight excluding hydrogens is 414 g/mol. The van der Waals surface area contributed by atoms with Crippen molar-refractivity contribution in [2.45, 2.75) is 35.9 Å². The monoisotopic (exact) mass is 435 g/mol. The molecule has 0 aliphatic carbocycles. The van der Waals surface area contributed by atoms with Gasteiger partial charge >= 0.3 is 0 Å². The van der Waals surface area contributed by atoms with Crippen LogP contribution in [-0.2, 0) is 0 Å². The Kier molecular flexibility index (Phi) is 5.16. The second-order valence-electron chi connectivity index (χ2n) is 7.52. The van der Waals surface area contributed by atoms with Crippen molar-refractivity contribution in [2.75, 3.05) is 18.0 Å². The third-order valence-corrected chi connectivity index (χ3v) is 6.36. The molecule has 0 saturated carbocycles. The number of oxime groups is 1. The highest BCUT2D eigenvalue weighted by atomic mass is 32.2. The zero-order valence-electron chi connectivity index (χ0n) is 16.9. The number of aliphatic hydroxyl groups is 1. The van der Waals surface area contributed by atoms with Gasteiger partial charge in [0.15, 0.2) is 5.65 Å². The largest absolute Gasteiger partial charge is 0.411 e.